The third-order valence-electron chi connectivity index (χ3n) is 3.12. The number of aliphatic hydroxyl groups is 1. The number of nitrogens with zero attached hydrogens (tertiary/aromatic N) is 1. The number of hydrogen-bond acceptors (Lipinski definition) is 3. The number of rotatable bonds is 7. The molecule has 1 unspecified atom stereocenters. The van der Waals surface area contributed by atoms with Crippen LogP contribution in [0.4, 0.5) is 8.78 Å². The smallest absolute Gasteiger partial charge is 0.222 e. The molecular weight excluding hydrogens is 278 g/mol. The van der Waals surface area contributed by atoms with Gasteiger partial charge in [0.15, 0.2) is 0 Å². The first-order valence-electron chi connectivity index (χ1n) is 6.90. The number of halogens is 2. The van der Waals surface area contributed by atoms with E-state index in [0.717, 1.165) is 18.2 Å². The van der Waals surface area contributed by atoms with Gasteiger partial charge >= 0.3 is 0 Å². The summed E-state index contributed by atoms with van der Waals surface area (Å²) in [7, 11) is 1.74. The van der Waals surface area contributed by atoms with Gasteiger partial charge in [0.1, 0.15) is 11.6 Å². The van der Waals surface area contributed by atoms with E-state index in [1.807, 2.05) is 0 Å². The molecule has 1 rings (SSSR count). The summed E-state index contributed by atoms with van der Waals surface area (Å²) in [6.45, 7) is 4.70. The van der Waals surface area contributed by atoms with E-state index in [2.05, 4.69) is 5.32 Å². The zero-order valence-electron chi connectivity index (χ0n) is 12.6. The van der Waals surface area contributed by atoms with Gasteiger partial charge in [0.05, 0.1) is 6.10 Å². The third kappa shape index (κ3) is 5.77. The van der Waals surface area contributed by atoms with Crippen molar-refractivity contribution in [3.63, 3.8) is 0 Å². The summed E-state index contributed by atoms with van der Waals surface area (Å²) in [6, 6.07) is 3.00. The molecule has 0 aliphatic rings. The highest BCUT2D eigenvalue weighted by atomic mass is 19.1. The van der Waals surface area contributed by atoms with E-state index in [1.54, 1.807) is 25.8 Å². The van der Waals surface area contributed by atoms with Gasteiger partial charge in [0, 0.05) is 31.1 Å². The minimum Gasteiger partial charge on any atom is -0.387 e. The van der Waals surface area contributed by atoms with Crippen LogP contribution in [0.2, 0.25) is 0 Å². The lowest BCUT2D eigenvalue weighted by atomic mass is 10.1. The Bertz CT molecular complexity index is 481. The summed E-state index contributed by atoms with van der Waals surface area (Å²) in [4.78, 5) is 13.1. The summed E-state index contributed by atoms with van der Waals surface area (Å²) in [5.41, 5.74) is -0.0620. The van der Waals surface area contributed by atoms with Crippen LogP contribution in [0.15, 0.2) is 18.2 Å². The van der Waals surface area contributed by atoms with Gasteiger partial charge in [0.25, 0.3) is 0 Å². The molecule has 6 heteroatoms. The van der Waals surface area contributed by atoms with Crippen molar-refractivity contribution in [2.24, 2.45) is 5.92 Å². The lowest BCUT2D eigenvalue weighted by molar-refractivity contribution is -0.124. The second kappa shape index (κ2) is 8.05. The molecule has 0 heterocycles. The average molecular weight is 300 g/mol. The van der Waals surface area contributed by atoms with Crippen LogP contribution in [0.25, 0.3) is 0 Å². The second-order valence-corrected chi connectivity index (χ2v) is 5.39. The van der Waals surface area contributed by atoms with Gasteiger partial charge in [-0.15, -0.1) is 0 Å². The summed E-state index contributed by atoms with van der Waals surface area (Å²) >= 11 is 0. The quantitative estimate of drug-likeness (QED) is 0.806. The van der Waals surface area contributed by atoms with Crippen molar-refractivity contribution in [1.29, 1.82) is 0 Å². The van der Waals surface area contributed by atoms with Crippen molar-refractivity contribution in [3.8, 4) is 0 Å². The summed E-state index contributed by atoms with van der Waals surface area (Å²) in [5.74, 6) is -1.34. The van der Waals surface area contributed by atoms with Crippen molar-refractivity contribution in [3.05, 3.63) is 35.4 Å². The van der Waals surface area contributed by atoms with Gasteiger partial charge in [-0.25, -0.2) is 8.78 Å². The van der Waals surface area contributed by atoms with Crippen LogP contribution in [0.5, 0.6) is 0 Å². The second-order valence-electron chi connectivity index (χ2n) is 5.39. The van der Waals surface area contributed by atoms with Crippen LogP contribution in [0, 0.1) is 17.6 Å². The van der Waals surface area contributed by atoms with Gasteiger partial charge in [-0.3, -0.25) is 4.79 Å². The van der Waals surface area contributed by atoms with E-state index in [-0.39, 0.29) is 23.9 Å². The molecule has 0 saturated carbocycles. The van der Waals surface area contributed by atoms with Crippen molar-refractivity contribution in [2.45, 2.75) is 20.0 Å². The molecule has 0 bridgehead atoms. The molecule has 118 valence electrons. The van der Waals surface area contributed by atoms with Crippen molar-refractivity contribution >= 4 is 5.91 Å². The monoisotopic (exact) mass is 300 g/mol. The van der Waals surface area contributed by atoms with E-state index in [9.17, 15) is 18.7 Å². The molecule has 4 nitrogen and oxygen atoms in total. The first-order chi connectivity index (χ1) is 9.81. The van der Waals surface area contributed by atoms with E-state index < -0.39 is 17.7 Å². The molecule has 0 spiro atoms. The molecule has 0 aromatic heterocycles. The third-order valence-corrected chi connectivity index (χ3v) is 3.12. The largest absolute Gasteiger partial charge is 0.387 e. The Balaban J connectivity index is 2.45. The number of amides is 1. The Kier molecular flexibility index (Phi) is 6.71. The normalized spacial score (nSPS) is 12.8. The molecule has 0 radical (unpaired) electrons. The molecule has 1 atom stereocenters. The minimum absolute atomic E-state index is 0.0416. The molecule has 1 aromatic rings. The van der Waals surface area contributed by atoms with Crippen LogP contribution in [0.3, 0.4) is 0 Å². The fraction of sp³-hybridized carbons (Fsp3) is 0.533. The van der Waals surface area contributed by atoms with Gasteiger partial charge in [-0.05, 0) is 25.2 Å². The Morgan fingerprint density at radius 2 is 2.05 bits per heavy atom. The highest BCUT2D eigenvalue weighted by Crippen LogP contribution is 2.18. The molecule has 21 heavy (non-hydrogen) atoms. The number of benzene rings is 1. The Hall–Kier alpha value is -1.53. The first-order valence-corrected chi connectivity index (χ1v) is 6.90. The zero-order valence-corrected chi connectivity index (χ0v) is 12.6. The molecule has 2 N–H and O–H groups in total. The molecule has 0 aliphatic heterocycles. The van der Waals surface area contributed by atoms with Gasteiger partial charge < -0.3 is 15.3 Å². The topological polar surface area (TPSA) is 52.6 Å². The molecule has 0 fully saturated rings. The number of nitrogens with one attached hydrogen (secondary N) is 1. The van der Waals surface area contributed by atoms with E-state index in [4.69, 9.17) is 0 Å². The maximum Gasteiger partial charge on any atom is 0.222 e. The number of carbonyl (C=O) groups excluding carboxylic acids is 1. The van der Waals surface area contributed by atoms with E-state index >= 15 is 0 Å². The predicted molar refractivity (Wildman–Crippen MR) is 76.7 cm³/mol. The molecule has 0 aliphatic carbocycles. The average Bonchev–Trinajstić information content (AvgIpc) is 2.41. The minimum atomic E-state index is -1.12. The van der Waals surface area contributed by atoms with Gasteiger partial charge in [-0.1, -0.05) is 13.8 Å². The number of carbonyl (C=O) groups is 1. The van der Waals surface area contributed by atoms with Crippen molar-refractivity contribution < 1.29 is 18.7 Å². The highest BCUT2D eigenvalue weighted by molar-refractivity contribution is 5.77. The summed E-state index contributed by atoms with van der Waals surface area (Å²) in [5, 5.41) is 12.7. The lowest BCUT2D eigenvalue weighted by Crippen LogP contribution is -2.36. The van der Waals surface area contributed by atoms with Gasteiger partial charge in [-0.2, -0.15) is 0 Å². The van der Waals surface area contributed by atoms with E-state index in [1.165, 1.54) is 0 Å². The fourth-order valence-electron chi connectivity index (χ4n) is 1.83. The first kappa shape index (κ1) is 17.5. The lowest BCUT2D eigenvalue weighted by Gasteiger charge is -2.21. The Morgan fingerprint density at radius 1 is 1.38 bits per heavy atom. The molecule has 1 aromatic carbocycles. The number of likely N-dealkylation sites (N-methyl/N-ethyl adjacent to an activating group) is 1. The van der Waals surface area contributed by atoms with Crippen LogP contribution in [-0.4, -0.2) is 42.6 Å². The van der Waals surface area contributed by atoms with Crippen molar-refractivity contribution in [2.75, 3.05) is 26.7 Å². The molecular formula is C15H22F2N2O2. The standard InChI is InChI=1S/C15H22F2N2O2/c1-10(2)15(21)18-6-7-19(3)9-14(20)12-8-11(16)4-5-13(12)17/h4-5,8,10,14,20H,6-7,9H2,1-3H3,(H,18,21). The number of aliphatic hydroxyl groups excluding tert-OH is 1. The Labute approximate surface area is 123 Å². The van der Waals surface area contributed by atoms with Crippen LogP contribution < -0.4 is 5.32 Å². The highest BCUT2D eigenvalue weighted by Gasteiger charge is 2.16. The fourth-order valence-corrected chi connectivity index (χ4v) is 1.83. The summed E-state index contributed by atoms with van der Waals surface area (Å²) in [6.07, 6.45) is -1.12. The van der Waals surface area contributed by atoms with Crippen LogP contribution >= 0.6 is 0 Å². The maximum atomic E-state index is 13.5. The van der Waals surface area contributed by atoms with Gasteiger partial charge in [0.2, 0.25) is 5.91 Å². The van der Waals surface area contributed by atoms with Crippen LogP contribution in [0.1, 0.15) is 25.5 Å². The van der Waals surface area contributed by atoms with Crippen molar-refractivity contribution in [1.82, 2.24) is 10.2 Å². The zero-order chi connectivity index (χ0) is 16.0. The maximum absolute atomic E-state index is 13.5. The van der Waals surface area contributed by atoms with Crippen LogP contribution in [-0.2, 0) is 4.79 Å². The molecule has 0 saturated heterocycles. The number of hydrogen-bond donors (Lipinski definition) is 2. The SMILES string of the molecule is CC(C)C(=O)NCCN(C)CC(O)c1cc(F)ccc1F. The Morgan fingerprint density at radius 3 is 2.67 bits per heavy atom. The predicted octanol–water partition coefficient (Wildman–Crippen LogP) is 1.70. The van der Waals surface area contributed by atoms with E-state index in [0.29, 0.717) is 13.1 Å². The summed E-state index contributed by atoms with van der Waals surface area (Å²) < 4.78 is 26.6. The molecule has 1 amide bonds.